The van der Waals surface area contributed by atoms with Crippen molar-refractivity contribution in [3.63, 3.8) is 0 Å². The Kier molecular flexibility index (Phi) is 6.02. The second-order valence-corrected chi connectivity index (χ2v) is 6.65. The summed E-state index contributed by atoms with van der Waals surface area (Å²) in [6.45, 7) is -0.0387. The Bertz CT molecular complexity index is 904. The fourth-order valence-electron chi connectivity index (χ4n) is 2.82. The van der Waals surface area contributed by atoms with Gasteiger partial charge in [0.05, 0.1) is 12.9 Å². The Hall–Kier alpha value is -2.75. The van der Waals surface area contributed by atoms with Gasteiger partial charge in [-0.05, 0) is 14.1 Å². The van der Waals surface area contributed by atoms with E-state index in [1.807, 2.05) is 5.48 Å². The van der Waals surface area contributed by atoms with Crippen molar-refractivity contribution in [3.05, 3.63) is 12.7 Å². The molecule has 29 heavy (non-hydrogen) atoms. The summed E-state index contributed by atoms with van der Waals surface area (Å²) in [7, 11) is 3.29. The minimum absolute atomic E-state index is 0.0387. The number of aromatic nitrogens is 4. The second-order valence-electron chi connectivity index (χ2n) is 6.65. The average Bonchev–Trinajstić information content (AvgIpc) is 3.21. The van der Waals surface area contributed by atoms with Gasteiger partial charge >= 0.3 is 0 Å². The van der Waals surface area contributed by atoms with Crippen LogP contribution in [-0.4, -0.2) is 96.7 Å². The maximum absolute atomic E-state index is 12.4. The molecule has 0 radical (unpaired) electrons. The first kappa shape index (κ1) is 21.0. The molecule has 1 saturated heterocycles. The number of ketones is 1. The van der Waals surface area contributed by atoms with Crippen LogP contribution in [0.25, 0.3) is 11.2 Å². The van der Waals surface area contributed by atoms with E-state index in [1.54, 1.807) is 19.0 Å². The molecule has 2 aromatic heterocycles. The smallest absolute Gasteiger partial charge is 0.257 e. The highest BCUT2D eigenvalue weighted by Gasteiger charge is 2.49. The molecule has 5 atom stereocenters. The fourth-order valence-corrected chi connectivity index (χ4v) is 2.82. The number of hydrogen-bond donors (Lipinski definition) is 5. The third kappa shape index (κ3) is 4.16. The fraction of sp³-hybridized carbons (Fsp3) is 0.533. The van der Waals surface area contributed by atoms with E-state index in [9.17, 15) is 24.9 Å². The molecule has 14 heteroatoms. The standard InChI is InChI=1S/C15H21N7O7/c1-21(2)3-6(23)20-29-15(27)10(26)11-8(24)9(25)14(28-11)22-5-19-7-12(16)17-4-18-13(7)22/h4-5,8-9,11,14-15,24-25,27H,3H2,1-2H3,(H,20,23)(H2,16,17,18)/t8?,9?,11-,14+,15?/m0/s1. The lowest BCUT2D eigenvalue weighted by Crippen LogP contribution is -2.45. The van der Waals surface area contributed by atoms with Gasteiger partial charge in [-0.1, -0.05) is 0 Å². The summed E-state index contributed by atoms with van der Waals surface area (Å²) < 4.78 is 6.72. The summed E-state index contributed by atoms with van der Waals surface area (Å²) in [4.78, 5) is 41.9. The van der Waals surface area contributed by atoms with Crippen LogP contribution in [0.2, 0.25) is 0 Å². The number of fused-ring (bicyclic) bond motifs is 1. The number of nitrogens with two attached hydrogens (primary N) is 1. The zero-order valence-corrected chi connectivity index (χ0v) is 15.5. The summed E-state index contributed by atoms with van der Waals surface area (Å²) >= 11 is 0. The SMILES string of the molecule is CN(C)CC(=O)NOC(O)C(=O)[C@H]1O[C@@H](n2cnc3c(N)ncnc32)C(O)C1O. The van der Waals surface area contributed by atoms with Crippen LogP contribution in [0.5, 0.6) is 0 Å². The molecular weight excluding hydrogens is 390 g/mol. The number of carbonyl (C=O) groups is 2. The third-order valence-corrected chi connectivity index (χ3v) is 4.17. The van der Waals surface area contributed by atoms with Crippen molar-refractivity contribution in [2.24, 2.45) is 0 Å². The number of nitrogen functional groups attached to an aromatic ring is 1. The molecule has 0 aliphatic carbocycles. The highest BCUT2D eigenvalue weighted by atomic mass is 16.7. The van der Waals surface area contributed by atoms with Crippen LogP contribution in [-0.2, 0) is 19.2 Å². The monoisotopic (exact) mass is 411 g/mol. The minimum atomic E-state index is -2.12. The summed E-state index contributed by atoms with van der Waals surface area (Å²) in [6, 6.07) is 0. The molecule has 0 bridgehead atoms. The normalized spacial score (nSPS) is 25.4. The van der Waals surface area contributed by atoms with Crippen LogP contribution in [0.1, 0.15) is 6.23 Å². The van der Waals surface area contributed by atoms with E-state index in [4.69, 9.17) is 10.5 Å². The number of ether oxygens (including phenoxy) is 1. The van der Waals surface area contributed by atoms with Crippen LogP contribution in [0.4, 0.5) is 5.82 Å². The highest BCUT2D eigenvalue weighted by molar-refractivity contribution is 5.87. The molecule has 1 aliphatic rings. The number of anilines is 1. The van der Waals surface area contributed by atoms with Gasteiger partial charge in [0, 0.05) is 0 Å². The predicted molar refractivity (Wildman–Crippen MR) is 94.5 cm³/mol. The number of aliphatic hydroxyl groups excluding tert-OH is 3. The number of carbonyl (C=O) groups excluding carboxylic acids is 2. The molecule has 2 aromatic rings. The van der Waals surface area contributed by atoms with E-state index in [1.165, 1.54) is 17.2 Å². The number of Topliss-reactive ketones (excluding diaryl/α,β-unsaturated/α-hetero) is 1. The Balaban J connectivity index is 1.71. The first-order valence-corrected chi connectivity index (χ1v) is 8.46. The molecule has 0 aromatic carbocycles. The maximum atomic E-state index is 12.4. The van der Waals surface area contributed by atoms with Crippen molar-refractivity contribution in [1.82, 2.24) is 29.9 Å². The number of amides is 1. The van der Waals surface area contributed by atoms with Crippen LogP contribution in [0, 0.1) is 0 Å². The zero-order chi connectivity index (χ0) is 21.3. The van der Waals surface area contributed by atoms with Gasteiger partial charge in [-0.2, -0.15) is 0 Å². The molecule has 158 valence electrons. The molecule has 0 saturated carbocycles. The Morgan fingerprint density at radius 1 is 1.34 bits per heavy atom. The molecule has 1 fully saturated rings. The van der Waals surface area contributed by atoms with Crippen molar-refractivity contribution in [2.75, 3.05) is 26.4 Å². The van der Waals surface area contributed by atoms with E-state index < -0.39 is 42.5 Å². The van der Waals surface area contributed by atoms with Crippen LogP contribution in [0.3, 0.4) is 0 Å². The predicted octanol–water partition coefficient (Wildman–Crippen LogP) is -3.48. The first-order chi connectivity index (χ1) is 13.7. The van der Waals surface area contributed by atoms with E-state index in [0.717, 1.165) is 0 Å². The number of nitrogens with one attached hydrogen (secondary N) is 1. The number of rotatable bonds is 7. The van der Waals surface area contributed by atoms with Gasteiger partial charge in [0.25, 0.3) is 5.91 Å². The van der Waals surface area contributed by atoms with Gasteiger partial charge in [-0.25, -0.2) is 25.3 Å². The Morgan fingerprint density at radius 3 is 2.76 bits per heavy atom. The average molecular weight is 411 g/mol. The van der Waals surface area contributed by atoms with Gasteiger partial charge in [0.2, 0.25) is 12.1 Å². The topological polar surface area (TPSA) is 198 Å². The first-order valence-electron chi connectivity index (χ1n) is 8.46. The number of likely N-dealkylation sites (N-methyl/N-ethyl adjacent to an activating group) is 1. The summed E-state index contributed by atoms with van der Waals surface area (Å²) in [5.41, 5.74) is 8.10. The van der Waals surface area contributed by atoms with E-state index in [2.05, 4.69) is 19.8 Å². The maximum Gasteiger partial charge on any atom is 0.257 e. The van der Waals surface area contributed by atoms with Crippen molar-refractivity contribution in [2.45, 2.75) is 30.8 Å². The van der Waals surface area contributed by atoms with Crippen LogP contribution in [0.15, 0.2) is 12.7 Å². The van der Waals surface area contributed by atoms with Gasteiger partial charge in [-0.15, -0.1) is 0 Å². The molecule has 3 rings (SSSR count). The van der Waals surface area contributed by atoms with Gasteiger partial charge in [0.15, 0.2) is 23.8 Å². The molecule has 0 spiro atoms. The lowest BCUT2D eigenvalue weighted by Gasteiger charge is -2.18. The van der Waals surface area contributed by atoms with E-state index in [0.29, 0.717) is 0 Å². The van der Waals surface area contributed by atoms with Crippen molar-refractivity contribution in [3.8, 4) is 0 Å². The molecule has 3 unspecified atom stereocenters. The van der Waals surface area contributed by atoms with Crippen molar-refractivity contribution in [1.29, 1.82) is 0 Å². The van der Waals surface area contributed by atoms with Crippen molar-refractivity contribution < 1.29 is 34.5 Å². The van der Waals surface area contributed by atoms with Crippen molar-refractivity contribution >= 4 is 28.7 Å². The van der Waals surface area contributed by atoms with E-state index in [-0.39, 0.29) is 23.5 Å². The second kappa shape index (κ2) is 8.32. The van der Waals surface area contributed by atoms with Gasteiger partial charge in [0.1, 0.15) is 24.1 Å². The molecule has 6 N–H and O–H groups in total. The number of hydroxylamine groups is 1. The molecule has 1 aliphatic heterocycles. The number of aliphatic hydroxyl groups is 3. The van der Waals surface area contributed by atoms with Crippen LogP contribution < -0.4 is 11.2 Å². The molecular formula is C15H21N7O7. The highest BCUT2D eigenvalue weighted by Crippen LogP contribution is 2.32. The summed E-state index contributed by atoms with van der Waals surface area (Å²) in [5, 5.41) is 30.4. The number of imidazole rings is 1. The molecule has 1 amide bonds. The third-order valence-electron chi connectivity index (χ3n) is 4.17. The summed E-state index contributed by atoms with van der Waals surface area (Å²) in [5.74, 6) is -1.59. The largest absolute Gasteiger partial charge is 0.387 e. The van der Waals surface area contributed by atoms with Gasteiger partial charge < -0.3 is 30.7 Å². The zero-order valence-electron chi connectivity index (χ0n) is 15.5. The van der Waals surface area contributed by atoms with E-state index >= 15 is 0 Å². The minimum Gasteiger partial charge on any atom is -0.387 e. The molecule has 14 nitrogen and oxygen atoms in total. The van der Waals surface area contributed by atoms with Gasteiger partial charge in [-0.3, -0.25) is 14.2 Å². The Labute approximate surface area is 163 Å². The summed E-state index contributed by atoms with van der Waals surface area (Å²) in [6.07, 6.45) is -5.78. The number of hydrogen-bond acceptors (Lipinski definition) is 12. The van der Waals surface area contributed by atoms with Crippen LogP contribution >= 0.6 is 0 Å². The quantitative estimate of drug-likeness (QED) is 0.223. The number of nitrogens with zero attached hydrogens (tertiary/aromatic N) is 5. The lowest BCUT2D eigenvalue weighted by atomic mass is 10.1. The Morgan fingerprint density at radius 2 is 2.07 bits per heavy atom. The molecule has 3 heterocycles. The lowest BCUT2D eigenvalue weighted by molar-refractivity contribution is -0.188.